The molecule has 1 rings (SSSR count). The zero-order valence-corrected chi connectivity index (χ0v) is 10.2. The molecule has 1 aromatic rings. The molecule has 0 fully saturated rings. The van der Waals surface area contributed by atoms with Crippen LogP contribution in [0.15, 0.2) is 12.3 Å². The minimum absolute atomic E-state index is 0.00440. The van der Waals surface area contributed by atoms with Crippen LogP contribution < -0.4 is 11.5 Å². The zero-order chi connectivity index (χ0) is 11.3. The lowest BCUT2D eigenvalue weighted by Crippen LogP contribution is -2.17. The van der Waals surface area contributed by atoms with E-state index < -0.39 is 0 Å². The van der Waals surface area contributed by atoms with E-state index in [-0.39, 0.29) is 6.04 Å². The number of rotatable bonds is 5. The summed E-state index contributed by atoms with van der Waals surface area (Å²) in [6, 6.07) is 1.95. The van der Waals surface area contributed by atoms with Crippen LogP contribution in [-0.4, -0.2) is 16.5 Å². The Labute approximate surface area is 95.6 Å². The van der Waals surface area contributed by atoms with Gasteiger partial charge in [-0.3, -0.25) is 0 Å². The molecule has 1 heterocycles. The molecule has 0 amide bonds. The van der Waals surface area contributed by atoms with Gasteiger partial charge in [0.1, 0.15) is 5.82 Å². The smallest absolute Gasteiger partial charge is 0.128 e. The van der Waals surface area contributed by atoms with Gasteiger partial charge in [-0.15, -0.1) is 0 Å². The number of pyridine rings is 1. The first-order valence-corrected chi connectivity index (χ1v) is 6.36. The third kappa shape index (κ3) is 3.39. The molecule has 1 unspecified atom stereocenters. The van der Waals surface area contributed by atoms with Gasteiger partial charge in [-0.1, -0.05) is 6.92 Å². The lowest BCUT2D eigenvalue weighted by Gasteiger charge is -2.15. The average Bonchev–Trinajstić information content (AvgIpc) is 2.18. The van der Waals surface area contributed by atoms with Crippen molar-refractivity contribution in [3.05, 3.63) is 23.4 Å². The van der Waals surface area contributed by atoms with Gasteiger partial charge in [-0.05, 0) is 30.7 Å². The topological polar surface area (TPSA) is 64.9 Å². The summed E-state index contributed by atoms with van der Waals surface area (Å²) in [7, 11) is 0. The van der Waals surface area contributed by atoms with E-state index in [4.69, 9.17) is 11.5 Å². The van der Waals surface area contributed by atoms with Gasteiger partial charge in [0.15, 0.2) is 0 Å². The Balaban J connectivity index is 2.68. The van der Waals surface area contributed by atoms with Crippen molar-refractivity contribution >= 4 is 17.6 Å². The number of nitrogens with two attached hydrogens (primary N) is 2. The molecule has 0 spiro atoms. The number of hydrogen-bond acceptors (Lipinski definition) is 4. The molecule has 4 N–H and O–H groups in total. The number of anilines is 1. The highest BCUT2D eigenvalue weighted by Crippen LogP contribution is 2.23. The summed E-state index contributed by atoms with van der Waals surface area (Å²) in [5.41, 5.74) is 14.1. The van der Waals surface area contributed by atoms with Crippen LogP contribution in [0.1, 0.15) is 30.5 Å². The fraction of sp³-hybridized carbons (Fsp3) is 0.545. The fourth-order valence-electron chi connectivity index (χ4n) is 1.51. The number of thioether (sulfide) groups is 1. The Morgan fingerprint density at radius 1 is 1.53 bits per heavy atom. The third-order valence-corrected chi connectivity index (χ3v) is 3.55. The number of aryl methyl sites for hydroxylation is 1. The predicted molar refractivity (Wildman–Crippen MR) is 67.9 cm³/mol. The zero-order valence-electron chi connectivity index (χ0n) is 9.36. The Morgan fingerprint density at radius 2 is 2.27 bits per heavy atom. The van der Waals surface area contributed by atoms with Crippen molar-refractivity contribution < 1.29 is 0 Å². The van der Waals surface area contributed by atoms with Gasteiger partial charge in [-0.2, -0.15) is 11.8 Å². The molecule has 4 heteroatoms. The van der Waals surface area contributed by atoms with Gasteiger partial charge in [0.05, 0.1) is 0 Å². The van der Waals surface area contributed by atoms with Gasteiger partial charge in [0.25, 0.3) is 0 Å². The molecule has 3 nitrogen and oxygen atoms in total. The first-order chi connectivity index (χ1) is 7.16. The highest BCUT2D eigenvalue weighted by Gasteiger charge is 2.12. The van der Waals surface area contributed by atoms with E-state index in [1.54, 1.807) is 6.20 Å². The molecule has 0 aliphatic rings. The predicted octanol–water partition coefficient (Wildman–Crippen LogP) is 2.12. The molecule has 1 atom stereocenters. The SMILES string of the molecule is CCCSCC(N)c1c(C)ccnc1N. The summed E-state index contributed by atoms with van der Waals surface area (Å²) < 4.78 is 0. The molecule has 84 valence electrons. The summed E-state index contributed by atoms with van der Waals surface area (Å²) in [4.78, 5) is 4.08. The largest absolute Gasteiger partial charge is 0.383 e. The van der Waals surface area contributed by atoms with Crippen LogP contribution in [0.5, 0.6) is 0 Å². The number of hydrogen-bond donors (Lipinski definition) is 2. The van der Waals surface area contributed by atoms with Crippen molar-refractivity contribution in [1.29, 1.82) is 0 Å². The first-order valence-electron chi connectivity index (χ1n) is 5.21. The maximum Gasteiger partial charge on any atom is 0.128 e. The Bertz CT molecular complexity index is 294. The summed E-state index contributed by atoms with van der Waals surface area (Å²) in [5, 5.41) is 0. The van der Waals surface area contributed by atoms with Gasteiger partial charge in [0, 0.05) is 23.6 Å². The highest BCUT2D eigenvalue weighted by molar-refractivity contribution is 7.99. The van der Waals surface area contributed by atoms with Gasteiger partial charge in [0.2, 0.25) is 0 Å². The van der Waals surface area contributed by atoms with Gasteiger partial charge < -0.3 is 11.5 Å². The molecule has 0 bridgehead atoms. The maximum atomic E-state index is 6.10. The van der Waals surface area contributed by atoms with Crippen LogP contribution in [0.25, 0.3) is 0 Å². The van der Waals surface area contributed by atoms with Crippen molar-refractivity contribution in [1.82, 2.24) is 4.98 Å². The van der Waals surface area contributed by atoms with E-state index in [0.29, 0.717) is 5.82 Å². The lowest BCUT2D eigenvalue weighted by molar-refractivity contribution is 0.819. The van der Waals surface area contributed by atoms with Crippen molar-refractivity contribution in [3.63, 3.8) is 0 Å². The molecule has 1 aromatic heterocycles. The van der Waals surface area contributed by atoms with Crippen LogP contribution in [0.2, 0.25) is 0 Å². The van der Waals surface area contributed by atoms with Gasteiger partial charge in [-0.25, -0.2) is 4.98 Å². The molecule has 15 heavy (non-hydrogen) atoms. The summed E-state index contributed by atoms with van der Waals surface area (Å²) in [6.07, 6.45) is 2.90. The number of nitrogens with zero attached hydrogens (tertiary/aromatic N) is 1. The Morgan fingerprint density at radius 3 is 2.87 bits per heavy atom. The lowest BCUT2D eigenvalue weighted by atomic mass is 10.1. The molecule has 0 aliphatic carbocycles. The second kappa shape index (κ2) is 5.98. The quantitative estimate of drug-likeness (QED) is 0.753. The third-order valence-electron chi connectivity index (χ3n) is 2.26. The Hall–Kier alpha value is -0.740. The second-order valence-corrected chi connectivity index (χ2v) is 4.76. The summed E-state index contributed by atoms with van der Waals surface area (Å²) in [6.45, 7) is 4.19. The number of nitrogen functional groups attached to an aromatic ring is 1. The molecule has 0 radical (unpaired) electrons. The molecule has 0 saturated carbocycles. The van der Waals surface area contributed by atoms with Crippen molar-refractivity contribution in [2.24, 2.45) is 5.73 Å². The van der Waals surface area contributed by atoms with E-state index in [1.807, 2.05) is 24.8 Å². The van der Waals surface area contributed by atoms with E-state index in [1.165, 1.54) is 6.42 Å². The van der Waals surface area contributed by atoms with Crippen LogP contribution in [0.4, 0.5) is 5.82 Å². The van der Waals surface area contributed by atoms with E-state index in [9.17, 15) is 0 Å². The van der Waals surface area contributed by atoms with Crippen LogP contribution in [0.3, 0.4) is 0 Å². The molecular weight excluding hydrogens is 206 g/mol. The average molecular weight is 225 g/mol. The fourth-order valence-corrected chi connectivity index (χ4v) is 2.39. The second-order valence-electron chi connectivity index (χ2n) is 3.61. The van der Waals surface area contributed by atoms with Crippen molar-refractivity contribution in [2.75, 3.05) is 17.2 Å². The van der Waals surface area contributed by atoms with Crippen LogP contribution >= 0.6 is 11.8 Å². The first kappa shape index (κ1) is 12.3. The molecule has 0 aromatic carbocycles. The van der Waals surface area contributed by atoms with Crippen molar-refractivity contribution in [2.45, 2.75) is 26.3 Å². The van der Waals surface area contributed by atoms with Gasteiger partial charge >= 0.3 is 0 Å². The van der Waals surface area contributed by atoms with Crippen molar-refractivity contribution in [3.8, 4) is 0 Å². The summed E-state index contributed by atoms with van der Waals surface area (Å²) in [5.74, 6) is 2.62. The van der Waals surface area contributed by atoms with Crippen LogP contribution in [-0.2, 0) is 0 Å². The minimum Gasteiger partial charge on any atom is -0.383 e. The Kier molecular flexibility index (Phi) is 4.91. The highest BCUT2D eigenvalue weighted by atomic mass is 32.2. The minimum atomic E-state index is -0.00440. The standard InChI is InChI=1S/C11H19N3S/c1-3-6-15-7-9(12)10-8(2)4-5-14-11(10)13/h4-5,9H,3,6-7,12H2,1-2H3,(H2,13,14). The molecule has 0 aliphatic heterocycles. The monoisotopic (exact) mass is 225 g/mol. The molecule has 0 saturated heterocycles. The van der Waals surface area contributed by atoms with E-state index in [0.717, 1.165) is 22.6 Å². The van der Waals surface area contributed by atoms with E-state index >= 15 is 0 Å². The molecular formula is C11H19N3S. The summed E-state index contributed by atoms with van der Waals surface area (Å²) >= 11 is 1.87. The number of aromatic nitrogens is 1. The maximum absolute atomic E-state index is 6.10. The van der Waals surface area contributed by atoms with Crippen LogP contribution in [0, 0.1) is 6.92 Å². The normalized spacial score (nSPS) is 12.7. The van der Waals surface area contributed by atoms with E-state index in [2.05, 4.69) is 11.9 Å².